The molecule has 0 bridgehead atoms. The first-order valence-electron chi connectivity index (χ1n) is 7.87. The van der Waals surface area contributed by atoms with Crippen molar-refractivity contribution < 1.29 is 19.5 Å². The fraction of sp³-hybridized carbons (Fsp3) is 0.286. The minimum atomic E-state index is -1.21. The first-order chi connectivity index (χ1) is 13.4. The molecule has 0 spiro atoms. The lowest BCUT2D eigenvalue weighted by atomic mass is 10.0. The van der Waals surface area contributed by atoms with E-state index in [1.54, 1.807) is 5.38 Å². The van der Waals surface area contributed by atoms with E-state index >= 15 is 0 Å². The van der Waals surface area contributed by atoms with Crippen LogP contribution in [0.25, 0.3) is 0 Å². The largest absolute Gasteiger partial charge is 0.477 e. The number of carboxylic acid groups (broad SMARTS) is 1. The molecule has 2 amide bonds. The maximum atomic E-state index is 12.6. The number of H-pyrrole nitrogens is 1. The number of anilines is 1. The van der Waals surface area contributed by atoms with Crippen LogP contribution in [0.3, 0.4) is 0 Å². The highest BCUT2D eigenvalue weighted by molar-refractivity contribution is 8.06. The average Bonchev–Trinajstić information content (AvgIpc) is 3.30. The van der Waals surface area contributed by atoms with E-state index in [1.807, 2.05) is 0 Å². The minimum absolute atomic E-state index is 0.00306. The van der Waals surface area contributed by atoms with Crippen molar-refractivity contribution in [3.8, 4) is 0 Å². The van der Waals surface area contributed by atoms with Crippen LogP contribution in [-0.2, 0) is 20.8 Å². The third-order valence-electron chi connectivity index (χ3n) is 3.98. The SMILES string of the molecule is Nc1nc(CC(=O)N[C@@H]2C(=O)N3C(C(=O)O)=C(Sc4ncn[nH]4)CS[C@@H]23)cs1. The van der Waals surface area contributed by atoms with Crippen LogP contribution in [0.1, 0.15) is 5.69 Å². The third kappa shape index (κ3) is 3.45. The second-order valence-electron chi connectivity index (χ2n) is 5.78. The quantitative estimate of drug-likeness (QED) is 0.445. The number of nitrogens with zero attached hydrogens (tertiary/aromatic N) is 4. The Kier molecular flexibility index (Phi) is 4.99. The molecule has 0 saturated carbocycles. The molecule has 14 heteroatoms. The second kappa shape index (κ2) is 7.44. The van der Waals surface area contributed by atoms with Crippen molar-refractivity contribution in [2.75, 3.05) is 11.5 Å². The van der Waals surface area contributed by atoms with Gasteiger partial charge in [0.2, 0.25) is 5.91 Å². The van der Waals surface area contributed by atoms with Gasteiger partial charge in [0.05, 0.1) is 12.1 Å². The monoisotopic (exact) mass is 439 g/mol. The van der Waals surface area contributed by atoms with E-state index in [4.69, 9.17) is 5.73 Å². The summed E-state index contributed by atoms with van der Waals surface area (Å²) in [6, 6.07) is -0.778. The topological polar surface area (TPSA) is 167 Å². The normalized spacial score (nSPS) is 21.3. The molecule has 11 nitrogen and oxygen atoms in total. The molecular weight excluding hydrogens is 426 g/mol. The molecule has 2 aromatic rings. The molecule has 0 unspecified atom stereocenters. The Hall–Kier alpha value is -2.58. The van der Waals surface area contributed by atoms with Gasteiger partial charge in [0.1, 0.15) is 23.4 Å². The van der Waals surface area contributed by atoms with Crippen molar-refractivity contribution in [3.63, 3.8) is 0 Å². The number of carboxylic acids is 1. The summed E-state index contributed by atoms with van der Waals surface area (Å²) in [5.74, 6) is -1.66. The zero-order chi connectivity index (χ0) is 19.8. The molecule has 5 N–H and O–H groups in total. The molecule has 2 aliphatic rings. The Balaban J connectivity index is 1.47. The number of aromatic amines is 1. The summed E-state index contributed by atoms with van der Waals surface area (Å²) < 4.78 is 0. The molecule has 146 valence electrons. The highest BCUT2D eigenvalue weighted by atomic mass is 32.2. The lowest BCUT2D eigenvalue weighted by Gasteiger charge is -2.49. The molecule has 0 aliphatic carbocycles. The summed E-state index contributed by atoms with van der Waals surface area (Å²) in [6.07, 6.45) is 1.32. The maximum Gasteiger partial charge on any atom is 0.353 e. The molecule has 0 aromatic carbocycles. The van der Waals surface area contributed by atoms with Gasteiger partial charge in [-0.2, -0.15) is 5.10 Å². The zero-order valence-corrected chi connectivity index (χ0v) is 16.4. The summed E-state index contributed by atoms with van der Waals surface area (Å²) in [5.41, 5.74) is 5.98. The van der Waals surface area contributed by atoms with Crippen LogP contribution in [0.5, 0.6) is 0 Å². The van der Waals surface area contributed by atoms with E-state index in [0.717, 1.165) is 11.8 Å². The van der Waals surface area contributed by atoms with Crippen LogP contribution in [0, 0.1) is 0 Å². The number of hydrogen-bond donors (Lipinski definition) is 4. The van der Waals surface area contributed by atoms with Crippen molar-refractivity contribution in [2.45, 2.75) is 23.0 Å². The zero-order valence-electron chi connectivity index (χ0n) is 14.0. The van der Waals surface area contributed by atoms with Crippen LogP contribution in [0.2, 0.25) is 0 Å². The van der Waals surface area contributed by atoms with E-state index in [-0.39, 0.29) is 18.0 Å². The number of rotatable bonds is 6. The van der Waals surface area contributed by atoms with Crippen molar-refractivity contribution in [1.82, 2.24) is 30.4 Å². The summed E-state index contributed by atoms with van der Waals surface area (Å²) >= 11 is 3.73. The lowest BCUT2D eigenvalue weighted by Crippen LogP contribution is -2.70. The van der Waals surface area contributed by atoms with Gasteiger partial charge in [-0.05, 0) is 0 Å². The molecule has 2 atom stereocenters. The van der Waals surface area contributed by atoms with Crippen molar-refractivity contribution in [2.24, 2.45) is 0 Å². The predicted molar refractivity (Wildman–Crippen MR) is 102 cm³/mol. The molecular formula is C14H13N7O4S3. The fourth-order valence-electron chi connectivity index (χ4n) is 2.82. The lowest BCUT2D eigenvalue weighted by molar-refractivity contribution is -0.150. The molecule has 1 saturated heterocycles. The van der Waals surface area contributed by atoms with Gasteiger partial charge in [-0.25, -0.2) is 14.8 Å². The third-order valence-corrected chi connectivity index (χ3v) is 7.14. The molecule has 28 heavy (non-hydrogen) atoms. The standard InChI is InChI=1S/C14H13N7O4S3/c15-13-18-5(2-27-13)1-7(22)19-8-10(23)21-9(12(24)25)6(3-26-11(8)21)28-14-16-4-17-20-14/h2,4,8,11H,1,3H2,(H2,15,18)(H,19,22)(H,24,25)(H,16,17,20)/t8-,11+/m1/s1. The smallest absolute Gasteiger partial charge is 0.353 e. The number of carbonyl (C=O) groups is 3. The molecule has 4 rings (SSSR count). The maximum absolute atomic E-state index is 12.6. The number of nitrogens with one attached hydrogen (secondary N) is 2. The van der Waals surface area contributed by atoms with Crippen molar-refractivity contribution in [1.29, 1.82) is 0 Å². The molecule has 1 fully saturated rings. The number of thioether (sulfide) groups is 2. The first-order valence-corrected chi connectivity index (χ1v) is 10.6. The van der Waals surface area contributed by atoms with Gasteiger partial charge in [-0.15, -0.1) is 23.1 Å². The van der Waals surface area contributed by atoms with Gasteiger partial charge in [0.15, 0.2) is 10.3 Å². The number of aliphatic carboxylic acids is 1. The van der Waals surface area contributed by atoms with E-state index in [9.17, 15) is 19.5 Å². The number of hydrogen-bond acceptors (Lipinski definition) is 10. The highest BCUT2D eigenvalue weighted by Crippen LogP contribution is 2.44. The second-order valence-corrected chi connectivity index (χ2v) is 8.86. The van der Waals surface area contributed by atoms with Gasteiger partial charge < -0.3 is 16.2 Å². The van der Waals surface area contributed by atoms with Crippen LogP contribution >= 0.6 is 34.9 Å². The Morgan fingerprint density at radius 2 is 2.32 bits per heavy atom. The van der Waals surface area contributed by atoms with Gasteiger partial charge in [0, 0.05) is 16.0 Å². The van der Waals surface area contributed by atoms with Crippen molar-refractivity contribution in [3.05, 3.63) is 28.0 Å². The van der Waals surface area contributed by atoms with Crippen molar-refractivity contribution >= 4 is 57.8 Å². The molecule has 2 aliphatic heterocycles. The van der Waals surface area contributed by atoms with E-state index in [1.165, 1.54) is 34.3 Å². The van der Waals surface area contributed by atoms with Gasteiger partial charge in [-0.3, -0.25) is 19.6 Å². The van der Waals surface area contributed by atoms with Crippen LogP contribution in [0.4, 0.5) is 5.13 Å². The van der Waals surface area contributed by atoms with Crippen LogP contribution in [0.15, 0.2) is 27.5 Å². The summed E-state index contributed by atoms with van der Waals surface area (Å²) in [6.45, 7) is 0. The molecule has 2 aromatic heterocycles. The Bertz CT molecular complexity index is 974. The summed E-state index contributed by atoms with van der Waals surface area (Å²) in [7, 11) is 0. The van der Waals surface area contributed by atoms with Crippen LogP contribution < -0.4 is 11.1 Å². The van der Waals surface area contributed by atoms with E-state index in [0.29, 0.717) is 26.6 Å². The van der Waals surface area contributed by atoms with E-state index in [2.05, 4.69) is 25.5 Å². The number of nitrogens with two attached hydrogens (primary N) is 1. The average molecular weight is 440 g/mol. The number of thiazole rings is 1. The summed E-state index contributed by atoms with van der Waals surface area (Å²) in [5, 5.41) is 20.7. The Morgan fingerprint density at radius 3 is 2.96 bits per heavy atom. The number of fused-ring (bicyclic) bond motifs is 1. The number of amides is 2. The molecule has 0 radical (unpaired) electrons. The predicted octanol–water partition coefficient (Wildman–Crippen LogP) is -0.126. The van der Waals surface area contributed by atoms with Gasteiger partial charge in [0.25, 0.3) is 5.91 Å². The first kappa shape index (κ1) is 18.8. The summed E-state index contributed by atoms with van der Waals surface area (Å²) in [4.78, 5) is 46.2. The number of β-lactam (4-membered cyclic amide) rings is 1. The Morgan fingerprint density at radius 1 is 1.50 bits per heavy atom. The highest BCUT2D eigenvalue weighted by Gasteiger charge is 2.54. The van der Waals surface area contributed by atoms with E-state index < -0.39 is 23.3 Å². The fourth-order valence-corrected chi connectivity index (χ4v) is 5.73. The van der Waals surface area contributed by atoms with Gasteiger partial charge >= 0.3 is 5.97 Å². The molecule has 4 heterocycles. The number of aromatic nitrogens is 4. The Labute approximate surface area is 170 Å². The number of carbonyl (C=O) groups excluding carboxylic acids is 2. The minimum Gasteiger partial charge on any atom is -0.477 e. The number of nitrogen functional groups attached to an aromatic ring is 1. The van der Waals surface area contributed by atoms with Crippen LogP contribution in [-0.4, -0.2) is 65.1 Å². The van der Waals surface area contributed by atoms with Gasteiger partial charge in [-0.1, -0.05) is 11.8 Å².